The summed E-state index contributed by atoms with van der Waals surface area (Å²) < 4.78 is 0. The summed E-state index contributed by atoms with van der Waals surface area (Å²) in [6.07, 6.45) is 2.03. The highest BCUT2D eigenvalue weighted by Crippen LogP contribution is 2.02. The zero-order valence-corrected chi connectivity index (χ0v) is 4.35. The molecule has 0 unspecified atom stereocenters. The molecule has 0 aromatic carbocycles. The first-order valence-electron chi connectivity index (χ1n) is 2.63. The van der Waals surface area contributed by atoms with Gasteiger partial charge < -0.3 is 5.32 Å². The van der Waals surface area contributed by atoms with Gasteiger partial charge in [0.05, 0.1) is 0 Å². The van der Waals surface area contributed by atoms with Crippen LogP contribution in [0.4, 0.5) is 0 Å². The highest BCUT2D eigenvalue weighted by molar-refractivity contribution is 5.80. The van der Waals surface area contributed by atoms with Gasteiger partial charge in [-0.3, -0.25) is 5.41 Å². The summed E-state index contributed by atoms with van der Waals surface area (Å²) in [5, 5.41) is 9.62. The Labute approximate surface area is 43.4 Å². The third kappa shape index (κ3) is 1.27. The predicted octanol–water partition coefficient (Wildman–Crippen LogP) is -0.646. The molecule has 0 bridgehead atoms. The standard InChI is InChI=1S/C5H9N2/c6-5-1-3-7-4-2-5/h6H,1-4H2/q-1/p+1. The summed E-state index contributed by atoms with van der Waals surface area (Å²) in [6.45, 7) is 1.90. The predicted molar refractivity (Wildman–Crippen MR) is 29.3 cm³/mol. The quantitative estimate of drug-likeness (QED) is 0.418. The van der Waals surface area contributed by atoms with Crippen LogP contribution in [0.2, 0.25) is 0 Å². The molecule has 1 fully saturated rings. The molecule has 7 heavy (non-hydrogen) atoms. The molecule has 1 aliphatic rings. The van der Waals surface area contributed by atoms with Crippen LogP contribution < -0.4 is 5.41 Å². The molecule has 0 atom stereocenters. The van der Waals surface area contributed by atoms with E-state index in [0.717, 1.165) is 31.6 Å². The monoisotopic (exact) mass is 98.1 g/mol. The fourth-order valence-electron chi connectivity index (χ4n) is 0.682. The molecule has 40 valence electrons. The molecule has 2 N–H and O–H groups in total. The first kappa shape index (κ1) is 4.78. The fourth-order valence-corrected chi connectivity index (χ4v) is 0.682. The van der Waals surface area contributed by atoms with Crippen molar-refractivity contribution in [3.8, 4) is 0 Å². The van der Waals surface area contributed by atoms with Crippen LogP contribution in [0.1, 0.15) is 12.8 Å². The molecule has 2 nitrogen and oxygen atoms in total. The molecular weight excluding hydrogens is 88.1 g/mol. The van der Waals surface area contributed by atoms with Crippen LogP contribution >= 0.6 is 0 Å². The number of hydrogen-bond acceptors (Lipinski definition) is 0. The number of hydrogen-bond donors (Lipinski definition) is 1. The van der Waals surface area contributed by atoms with Gasteiger partial charge in [0, 0.05) is 12.8 Å². The van der Waals surface area contributed by atoms with Gasteiger partial charge in [0.25, 0.3) is 0 Å². The summed E-state index contributed by atoms with van der Waals surface area (Å²) in [4.78, 5) is 0. The third-order valence-corrected chi connectivity index (χ3v) is 1.18. The highest BCUT2D eigenvalue weighted by Gasteiger charge is 1.98. The third-order valence-electron chi connectivity index (χ3n) is 1.18. The first-order valence-corrected chi connectivity index (χ1v) is 2.63. The first-order chi connectivity index (χ1) is 3.39. The molecule has 0 aromatic rings. The van der Waals surface area contributed by atoms with E-state index in [1.54, 1.807) is 0 Å². The maximum atomic E-state index is 5.49. The zero-order chi connectivity index (χ0) is 5.11. The summed E-state index contributed by atoms with van der Waals surface area (Å²) in [6, 6.07) is 0. The van der Waals surface area contributed by atoms with E-state index in [1.165, 1.54) is 0 Å². The van der Waals surface area contributed by atoms with Crippen molar-refractivity contribution in [1.29, 1.82) is 0 Å². The van der Waals surface area contributed by atoms with Gasteiger partial charge in [-0.2, -0.15) is 0 Å². The molecule has 1 heterocycles. The second-order valence-electron chi connectivity index (χ2n) is 1.83. The van der Waals surface area contributed by atoms with Crippen LogP contribution in [0.25, 0.3) is 5.32 Å². The molecular formula is C5H10N2. The normalized spacial score (nSPS) is 22.6. The summed E-state index contributed by atoms with van der Waals surface area (Å²) in [5.41, 5.74) is 1.12. The van der Waals surface area contributed by atoms with Crippen LogP contribution in [0, 0.1) is 0 Å². The maximum absolute atomic E-state index is 5.49. The van der Waals surface area contributed by atoms with Crippen molar-refractivity contribution in [3.05, 3.63) is 5.32 Å². The van der Waals surface area contributed by atoms with Crippen molar-refractivity contribution >= 4 is 5.71 Å². The Hall–Kier alpha value is -0.370. The summed E-state index contributed by atoms with van der Waals surface area (Å²) >= 11 is 0. The molecule has 2 heteroatoms. The lowest BCUT2D eigenvalue weighted by atomic mass is 10.1. The minimum absolute atomic E-state index is 0.950. The number of rotatable bonds is 0. The minimum Gasteiger partial charge on any atom is -0.661 e. The molecule has 0 spiro atoms. The summed E-state index contributed by atoms with van der Waals surface area (Å²) in [5.74, 6) is 0. The van der Waals surface area contributed by atoms with Gasteiger partial charge in [-0.25, -0.2) is 0 Å². The van der Waals surface area contributed by atoms with E-state index in [0.29, 0.717) is 0 Å². The molecule has 0 radical (unpaired) electrons. The van der Waals surface area contributed by atoms with Crippen LogP contribution in [0.3, 0.4) is 0 Å². The van der Waals surface area contributed by atoms with Gasteiger partial charge in [0.2, 0.25) is 0 Å². The van der Waals surface area contributed by atoms with Crippen LogP contribution in [0.5, 0.6) is 0 Å². The topological polar surface area (TPSA) is 39.7 Å². The lowest BCUT2D eigenvalue weighted by Gasteiger charge is -2.21. The maximum Gasteiger partial charge on any atom is 0.145 e. The molecule has 1 rings (SSSR count). The van der Waals surface area contributed by atoms with Gasteiger partial charge in [0.15, 0.2) is 0 Å². The van der Waals surface area contributed by atoms with Crippen molar-refractivity contribution in [3.63, 3.8) is 0 Å². The number of nitrogens with zero attached hydrogens (tertiary/aromatic N) is 1. The number of piperidine rings is 1. The second kappa shape index (κ2) is 2.07. The average Bonchev–Trinajstić information content (AvgIpc) is 1.69. The van der Waals surface area contributed by atoms with E-state index in [1.807, 2.05) is 0 Å². The Morgan fingerprint density at radius 3 is 2.14 bits per heavy atom. The highest BCUT2D eigenvalue weighted by atomic mass is 14.9. The van der Waals surface area contributed by atoms with E-state index in [-0.39, 0.29) is 0 Å². The van der Waals surface area contributed by atoms with Gasteiger partial charge in [-0.15, -0.1) is 13.1 Å². The second-order valence-corrected chi connectivity index (χ2v) is 1.83. The van der Waals surface area contributed by atoms with Crippen molar-refractivity contribution < 1.29 is 5.41 Å². The van der Waals surface area contributed by atoms with Gasteiger partial charge in [-0.1, -0.05) is 0 Å². The van der Waals surface area contributed by atoms with Crippen molar-refractivity contribution in [2.45, 2.75) is 12.8 Å². The van der Waals surface area contributed by atoms with Crippen LogP contribution in [-0.2, 0) is 0 Å². The van der Waals surface area contributed by atoms with E-state index >= 15 is 0 Å². The van der Waals surface area contributed by atoms with Crippen LogP contribution in [-0.4, -0.2) is 18.8 Å². The van der Waals surface area contributed by atoms with Crippen molar-refractivity contribution in [1.82, 2.24) is 0 Å². The Balaban J connectivity index is 2.25. The lowest BCUT2D eigenvalue weighted by Crippen LogP contribution is -2.41. The number of nitrogens with two attached hydrogens (primary N) is 1. The van der Waals surface area contributed by atoms with E-state index < -0.39 is 0 Å². The lowest BCUT2D eigenvalue weighted by molar-refractivity contribution is -0.119. The Morgan fingerprint density at radius 1 is 1.29 bits per heavy atom. The molecule has 0 amide bonds. The van der Waals surface area contributed by atoms with Gasteiger partial charge in [-0.05, 0) is 0 Å². The van der Waals surface area contributed by atoms with E-state index in [2.05, 4.69) is 5.32 Å². The molecule has 0 aromatic heterocycles. The molecule has 0 aliphatic carbocycles. The largest absolute Gasteiger partial charge is 0.661 e. The Bertz CT molecular complexity index is 70.1. The van der Waals surface area contributed by atoms with Crippen molar-refractivity contribution in [2.75, 3.05) is 13.1 Å². The Morgan fingerprint density at radius 2 is 1.86 bits per heavy atom. The molecule has 1 aliphatic heterocycles. The smallest absolute Gasteiger partial charge is 0.145 e. The minimum atomic E-state index is 0.950. The zero-order valence-electron chi connectivity index (χ0n) is 4.35. The van der Waals surface area contributed by atoms with E-state index in [9.17, 15) is 0 Å². The summed E-state index contributed by atoms with van der Waals surface area (Å²) in [7, 11) is 0. The van der Waals surface area contributed by atoms with Crippen molar-refractivity contribution in [2.24, 2.45) is 0 Å². The van der Waals surface area contributed by atoms with Gasteiger partial charge in [0.1, 0.15) is 5.71 Å². The van der Waals surface area contributed by atoms with Gasteiger partial charge >= 0.3 is 0 Å². The molecule has 1 saturated heterocycles. The molecule has 0 saturated carbocycles. The Kier molecular flexibility index (Phi) is 1.42. The SMILES string of the molecule is [NH2+]=C1CC[N-]CC1. The average molecular weight is 98.1 g/mol. The fraction of sp³-hybridized carbons (Fsp3) is 0.800. The van der Waals surface area contributed by atoms with Crippen LogP contribution in [0.15, 0.2) is 0 Å². The van der Waals surface area contributed by atoms with E-state index in [4.69, 9.17) is 5.41 Å².